The van der Waals surface area contributed by atoms with Crippen molar-refractivity contribution in [2.24, 2.45) is 5.73 Å². The minimum absolute atomic E-state index is 0.426. The van der Waals surface area contributed by atoms with E-state index in [2.05, 4.69) is 10.3 Å². The Bertz CT molecular complexity index is 122. The SMILES string of the molecule is NCCCCCNC(=O)COF. The summed E-state index contributed by atoms with van der Waals surface area (Å²) in [5.74, 6) is -0.426. The second-order valence-corrected chi connectivity index (χ2v) is 2.45. The number of hydrogen-bond donors (Lipinski definition) is 2. The molecule has 0 aromatic carbocycles. The van der Waals surface area contributed by atoms with E-state index in [4.69, 9.17) is 5.73 Å². The van der Waals surface area contributed by atoms with Crippen LogP contribution in [0.15, 0.2) is 0 Å². The molecule has 0 saturated carbocycles. The summed E-state index contributed by atoms with van der Waals surface area (Å²) >= 11 is 0. The van der Waals surface area contributed by atoms with Crippen LogP contribution >= 0.6 is 0 Å². The van der Waals surface area contributed by atoms with E-state index >= 15 is 0 Å². The van der Waals surface area contributed by atoms with Gasteiger partial charge < -0.3 is 11.1 Å². The average molecular weight is 178 g/mol. The van der Waals surface area contributed by atoms with Crippen LogP contribution in [0.4, 0.5) is 4.53 Å². The first-order chi connectivity index (χ1) is 5.81. The van der Waals surface area contributed by atoms with Crippen molar-refractivity contribution >= 4 is 5.91 Å². The minimum atomic E-state index is -0.517. The van der Waals surface area contributed by atoms with Gasteiger partial charge in [-0.05, 0) is 23.9 Å². The van der Waals surface area contributed by atoms with Crippen LogP contribution in [0.25, 0.3) is 0 Å². The van der Waals surface area contributed by atoms with Crippen molar-refractivity contribution in [3.63, 3.8) is 0 Å². The van der Waals surface area contributed by atoms with E-state index in [1.54, 1.807) is 0 Å². The molecule has 12 heavy (non-hydrogen) atoms. The first-order valence-corrected chi connectivity index (χ1v) is 4.01. The lowest BCUT2D eigenvalue weighted by Gasteiger charge is -2.01. The maximum atomic E-state index is 11.1. The lowest BCUT2D eigenvalue weighted by atomic mass is 10.2. The molecule has 0 aliphatic rings. The van der Waals surface area contributed by atoms with E-state index in [0.29, 0.717) is 13.1 Å². The van der Waals surface area contributed by atoms with Gasteiger partial charge in [-0.15, -0.1) is 0 Å². The third-order valence-corrected chi connectivity index (χ3v) is 1.39. The summed E-state index contributed by atoms with van der Waals surface area (Å²) in [5, 5.41) is 2.50. The van der Waals surface area contributed by atoms with Gasteiger partial charge >= 0.3 is 0 Å². The fraction of sp³-hybridized carbons (Fsp3) is 0.857. The molecular weight excluding hydrogens is 163 g/mol. The molecule has 0 atom stereocenters. The molecule has 0 bridgehead atoms. The van der Waals surface area contributed by atoms with Crippen LogP contribution in [-0.4, -0.2) is 25.6 Å². The zero-order valence-corrected chi connectivity index (χ0v) is 7.01. The van der Waals surface area contributed by atoms with Crippen LogP contribution in [0.5, 0.6) is 0 Å². The van der Waals surface area contributed by atoms with Crippen molar-refractivity contribution in [1.82, 2.24) is 5.32 Å². The molecule has 0 aliphatic carbocycles. The molecule has 4 nitrogen and oxygen atoms in total. The Hall–Kier alpha value is -0.680. The molecular formula is C7H15FN2O2. The molecule has 0 aromatic heterocycles. The highest BCUT2D eigenvalue weighted by Crippen LogP contribution is 1.90. The predicted octanol–water partition coefficient (Wildman–Crippen LogP) is 0.133. The van der Waals surface area contributed by atoms with Gasteiger partial charge in [0.25, 0.3) is 0 Å². The average Bonchev–Trinajstić information content (AvgIpc) is 2.05. The Morgan fingerprint density at radius 3 is 2.75 bits per heavy atom. The topological polar surface area (TPSA) is 64.3 Å². The molecule has 5 heteroatoms. The van der Waals surface area contributed by atoms with Gasteiger partial charge in [-0.3, -0.25) is 4.79 Å². The molecule has 0 aromatic rings. The van der Waals surface area contributed by atoms with Gasteiger partial charge in [-0.25, -0.2) is 0 Å². The van der Waals surface area contributed by atoms with Gasteiger partial charge in [-0.2, -0.15) is 4.94 Å². The minimum Gasteiger partial charge on any atom is -0.354 e. The van der Waals surface area contributed by atoms with Gasteiger partial charge in [0.2, 0.25) is 5.91 Å². The van der Waals surface area contributed by atoms with E-state index < -0.39 is 12.5 Å². The summed E-state index contributed by atoms with van der Waals surface area (Å²) < 4.78 is 11.1. The van der Waals surface area contributed by atoms with Gasteiger partial charge in [0.15, 0.2) is 6.61 Å². The Labute approximate surface area is 71.2 Å². The van der Waals surface area contributed by atoms with E-state index in [-0.39, 0.29) is 0 Å². The number of carbonyl (C=O) groups is 1. The zero-order valence-electron chi connectivity index (χ0n) is 7.01. The summed E-state index contributed by atoms with van der Waals surface area (Å²) in [7, 11) is 0. The number of halogens is 1. The van der Waals surface area contributed by atoms with Crippen LogP contribution in [-0.2, 0) is 9.74 Å². The van der Waals surface area contributed by atoms with Crippen LogP contribution in [0.2, 0.25) is 0 Å². The molecule has 0 radical (unpaired) electrons. The van der Waals surface area contributed by atoms with Gasteiger partial charge in [-0.1, -0.05) is 6.42 Å². The highest BCUT2D eigenvalue weighted by molar-refractivity contribution is 5.76. The molecule has 0 saturated heterocycles. The number of rotatable bonds is 7. The standard InChI is InChI=1S/C7H15FN2O2/c8-12-6-7(11)10-5-3-1-2-4-9/h1-6,9H2,(H,10,11). The molecule has 1 amide bonds. The van der Waals surface area contributed by atoms with Gasteiger partial charge in [0.1, 0.15) is 0 Å². The van der Waals surface area contributed by atoms with Crippen molar-refractivity contribution < 1.29 is 14.3 Å². The number of amides is 1. The van der Waals surface area contributed by atoms with E-state index in [1.807, 2.05) is 0 Å². The molecule has 0 rings (SSSR count). The highest BCUT2D eigenvalue weighted by Gasteiger charge is 1.98. The lowest BCUT2D eigenvalue weighted by molar-refractivity contribution is -0.156. The number of nitrogens with two attached hydrogens (primary N) is 1. The normalized spacial score (nSPS) is 9.83. The number of hydrogen-bond acceptors (Lipinski definition) is 3. The summed E-state index contributed by atoms with van der Waals surface area (Å²) in [6.07, 6.45) is 2.80. The zero-order chi connectivity index (χ0) is 9.23. The Morgan fingerprint density at radius 1 is 1.42 bits per heavy atom. The van der Waals surface area contributed by atoms with Gasteiger partial charge in [0, 0.05) is 6.54 Å². The van der Waals surface area contributed by atoms with Crippen LogP contribution in [0.3, 0.4) is 0 Å². The van der Waals surface area contributed by atoms with E-state index in [9.17, 15) is 9.32 Å². The fourth-order valence-electron chi connectivity index (χ4n) is 0.775. The summed E-state index contributed by atoms with van der Waals surface area (Å²) in [5.41, 5.74) is 5.26. The Balaban J connectivity index is 3.03. The number of carbonyl (C=O) groups excluding carboxylic acids is 1. The van der Waals surface area contributed by atoms with Gasteiger partial charge in [0.05, 0.1) is 0 Å². The first kappa shape index (κ1) is 11.3. The maximum absolute atomic E-state index is 11.1. The van der Waals surface area contributed by atoms with Crippen LogP contribution in [0, 0.1) is 0 Å². The fourth-order valence-corrected chi connectivity index (χ4v) is 0.775. The molecule has 0 spiro atoms. The maximum Gasteiger partial charge on any atom is 0.249 e. The Morgan fingerprint density at radius 2 is 2.17 bits per heavy atom. The lowest BCUT2D eigenvalue weighted by Crippen LogP contribution is -2.27. The molecule has 0 heterocycles. The predicted molar refractivity (Wildman–Crippen MR) is 43.0 cm³/mol. The van der Waals surface area contributed by atoms with Crippen molar-refractivity contribution in [1.29, 1.82) is 0 Å². The summed E-state index contributed by atoms with van der Waals surface area (Å²) in [6.45, 7) is 0.709. The second-order valence-electron chi connectivity index (χ2n) is 2.45. The third-order valence-electron chi connectivity index (χ3n) is 1.39. The van der Waals surface area contributed by atoms with Crippen molar-refractivity contribution in [2.45, 2.75) is 19.3 Å². The molecule has 0 fully saturated rings. The first-order valence-electron chi connectivity index (χ1n) is 4.01. The van der Waals surface area contributed by atoms with Crippen molar-refractivity contribution in [2.75, 3.05) is 19.7 Å². The van der Waals surface area contributed by atoms with Crippen LogP contribution < -0.4 is 11.1 Å². The molecule has 0 unspecified atom stereocenters. The number of nitrogens with one attached hydrogen (secondary N) is 1. The van der Waals surface area contributed by atoms with Crippen molar-refractivity contribution in [3.8, 4) is 0 Å². The van der Waals surface area contributed by atoms with Crippen molar-refractivity contribution in [3.05, 3.63) is 0 Å². The van der Waals surface area contributed by atoms with E-state index in [1.165, 1.54) is 0 Å². The van der Waals surface area contributed by atoms with E-state index in [0.717, 1.165) is 19.3 Å². The van der Waals surface area contributed by atoms with Crippen LogP contribution in [0.1, 0.15) is 19.3 Å². The number of unbranched alkanes of at least 4 members (excludes halogenated alkanes) is 2. The third kappa shape index (κ3) is 7.43. The highest BCUT2D eigenvalue weighted by atomic mass is 19.3. The summed E-state index contributed by atoms with van der Waals surface area (Å²) in [6, 6.07) is 0. The molecule has 3 N–H and O–H groups in total. The smallest absolute Gasteiger partial charge is 0.249 e. The monoisotopic (exact) mass is 178 g/mol. The largest absolute Gasteiger partial charge is 0.354 e. The molecule has 0 aliphatic heterocycles. The summed E-state index contributed by atoms with van der Waals surface area (Å²) in [4.78, 5) is 13.7. The quantitative estimate of drug-likeness (QED) is 0.545. The Kier molecular flexibility index (Phi) is 7.94. The molecule has 72 valence electrons. The second kappa shape index (κ2) is 8.42.